The minimum absolute atomic E-state index is 0.0244. The minimum atomic E-state index is -0.480. The minimum Gasteiger partial charge on any atom is -0.392 e. The largest absolute Gasteiger partial charge is 0.392 e. The van der Waals surface area contributed by atoms with Crippen LogP contribution in [0.15, 0.2) is 52.1 Å². The fraction of sp³-hybridized carbons (Fsp3) is 0.368. The Morgan fingerprint density at radius 1 is 1.20 bits per heavy atom. The van der Waals surface area contributed by atoms with Crippen molar-refractivity contribution in [3.05, 3.63) is 80.1 Å². The maximum Gasteiger partial charge on any atom is 0.330 e. The highest BCUT2D eigenvalue weighted by Crippen LogP contribution is 2.17. The number of aliphatic hydroxyl groups excluding tert-OH is 1. The summed E-state index contributed by atoms with van der Waals surface area (Å²) >= 11 is 0. The highest BCUT2D eigenvalue weighted by molar-refractivity contribution is 5.28. The molecule has 6 heteroatoms. The highest BCUT2D eigenvalue weighted by atomic mass is 16.5. The third kappa shape index (κ3) is 5.01. The Bertz CT molecular complexity index is 820. The van der Waals surface area contributed by atoms with Gasteiger partial charge in [-0.25, -0.2) is 4.79 Å². The molecule has 0 unspecified atom stereocenters. The molecule has 0 aliphatic carbocycles. The van der Waals surface area contributed by atoms with Crippen molar-refractivity contribution >= 4 is 0 Å². The van der Waals surface area contributed by atoms with Gasteiger partial charge < -0.3 is 9.84 Å². The zero-order chi connectivity index (χ0) is 18.2. The molecular weight excluding hydrogens is 320 g/mol. The van der Waals surface area contributed by atoms with Gasteiger partial charge in [-0.05, 0) is 11.5 Å². The molecule has 2 aromatic rings. The number of aromatic nitrogens is 2. The van der Waals surface area contributed by atoms with Gasteiger partial charge in [0.25, 0.3) is 5.56 Å². The summed E-state index contributed by atoms with van der Waals surface area (Å²) in [6.07, 6.45) is 3.72. The van der Waals surface area contributed by atoms with Gasteiger partial charge in [-0.3, -0.25) is 14.3 Å². The first-order chi connectivity index (χ1) is 12.0. The second-order valence-corrected chi connectivity index (χ2v) is 6.02. The summed E-state index contributed by atoms with van der Waals surface area (Å²) in [4.78, 5) is 27.0. The quantitative estimate of drug-likeness (QED) is 0.565. The molecule has 0 spiro atoms. The van der Waals surface area contributed by atoms with Crippen molar-refractivity contribution in [1.29, 1.82) is 0 Å². The van der Waals surface area contributed by atoms with Gasteiger partial charge in [-0.2, -0.15) is 0 Å². The number of H-pyrrole nitrogens is 1. The Hall–Kier alpha value is -2.44. The van der Waals surface area contributed by atoms with Crippen LogP contribution in [-0.4, -0.2) is 27.9 Å². The van der Waals surface area contributed by atoms with Gasteiger partial charge in [-0.1, -0.05) is 56.3 Å². The normalized spacial score (nSPS) is 11.5. The van der Waals surface area contributed by atoms with Gasteiger partial charge >= 0.3 is 5.69 Å². The van der Waals surface area contributed by atoms with Crippen molar-refractivity contribution in [2.75, 3.05) is 13.2 Å². The standard InChI is InChI=1S/C19H24N2O4/c1-14(2)17-16(12-15-8-4-3-5-9-15)21(19(24)20-18(17)23)13-25-11-7-6-10-22/h3-9,14,22H,10-13H2,1-2H3,(H,20,23,24)/b7-6-. The van der Waals surface area contributed by atoms with E-state index in [2.05, 4.69) is 4.98 Å². The van der Waals surface area contributed by atoms with Crippen LogP contribution in [-0.2, 0) is 17.9 Å². The average Bonchev–Trinajstić information content (AvgIpc) is 2.57. The van der Waals surface area contributed by atoms with E-state index in [1.165, 1.54) is 4.57 Å². The molecule has 0 bridgehead atoms. The molecule has 0 radical (unpaired) electrons. The van der Waals surface area contributed by atoms with E-state index < -0.39 is 5.69 Å². The number of nitrogens with one attached hydrogen (secondary N) is 1. The molecule has 0 aliphatic rings. The number of aromatic amines is 1. The van der Waals surface area contributed by atoms with E-state index in [0.717, 1.165) is 5.56 Å². The Kier molecular flexibility index (Phi) is 6.91. The van der Waals surface area contributed by atoms with Crippen LogP contribution in [0.5, 0.6) is 0 Å². The summed E-state index contributed by atoms with van der Waals surface area (Å²) in [5, 5.41) is 8.73. The van der Waals surface area contributed by atoms with Crippen molar-refractivity contribution in [2.45, 2.75) is 32.9 Å². The maximum atomic E-state index is 12.3. The van der Waals surface area contributed by atoms with Gasteiger partial charge in [0.05, 0.1) is 13.2 Å². The molecule has 0 fully saturated rings. The van der Waals surface area contributed by atoms with Crippen molar-refractivity contribution in [1.82, 2.24) is 9.55 Å². The number of rotatable bonds is 8. The lowest BCUT2D eigenvalue weighted by Gasteiger charge is -2.18. The fourth-order valence-corrected chi connectivity index (χ4v) is 2.70. The van der Waals surface area contributed by atoms with E-state index >= 15 is 0 Å². The number of hydrogen-bond donors (Lipinski definition) is 2. The molecule has 2 N–H and O–H groups in total. The van der Waals surface area contributed by atoms with E-state index in [4.69, 9.17) is 9.84 Å². The summed E-state index contributed by atoms with van der Waals surface area (Å²) in [5.41, 5.74) is 1.45. The van der Waals surface area contributed by atoms with Crippen LogP contribution in [0.4, 0.5) is 0 Å². The molecule has 1 aromatic heterocycles. The first kappa shape index (κ1) is 18.9. The number of benzene rings is 1. The second-order valence-electron chi connectivity index (χ2n) is 6.02. The molecule has 0 aliphatic heterocycles. The Morgan fingerprint density at radius 3 is 2.56 bits per heavy atom. The van der Waals surface area contributed by atoms with Gasteiger partial charge in [-0.15, -0.1) is 0 Å². The summed E-state index contributed by atoms with van der Waals surface area (Å²) in [7, 11) is 0. The second kappa shape index (κ2) is 9.15. The molecule has 1 aromatic carbocycles. The van der Waals surface area contributed by atoms with Crippen molar-refractivity contribution in [3.63, 3.8) is 0 Å². The van der Waals surface area contributed by atoms with E-state index in [-0.39, 0.29) is 31.4 Å². The van der Waals surface area contributed by atoms with Crippen LogP contribution >= 0.6 is 0 Å². The number of aliphatic hydroxyl groups is 1. The van der Waals surface area contributed by atoms with E-state index in [0.29, 0.717) is 17.7 Å². The lowest BCUT2D eigenvalue weighted by molar-refractivity contribution is 0.0937. The number of hydrogen-bond acceptors (Lipinski definition) is 4. The van der Waals surface area contributed by atoms with Gasteiger partial charge in [0.15, 0.2) is 0 Å². The van der Waals surface area contributed by atoms with Crippen molar-refractivity contribution in [3.8, 4) is 0 Å². The van der Waals surface area contributed by atoms with Crippen LogP contribution in [0, 0.1) is 0 Å². The SMILES string of the molecule is CC(C)c1c(Cc2ccccc2)n(COC/C=C\CO)c(=O)[nH]c1=O. The fourth-order valence-electron chi connectivity index (χ4n) is 2.70. The van der Waals surface area contributed by atoms with Crippen molar-refractivity contribution < 1.29 is 9.84 Å². The lowest BCUT2D eigenvalue weighted by Crippen LogP contribution is -2.36. The molecule has 6 nitrogen and oxygen atoms in total. The first-order valence-corrected chi connectivity index (χ1v) is 8.28. The lowest BCUT2D eigenvalue weighted by atomic mass is 9.98. The zero-order valence-corrected chi connectivity index (χ0v) is 14.6. The molecular formula is C19H24N2O4. The molecule has 0 amide bonds. The molecule has 0 saturated heterocycles. The van der Waals surface area contributed by atoms with Gasteiger partial charge in [0.2, 0.25) is 0 Å². The maximum absolute atomic E-state index is 12.3. The predicted octanol–water partition coefficient (Wildman–Crippen LogP) is 1.77. The van der Waals surface area contributed by atoms with Crippen molar-refractivity contribution in [2.24, 2.45) is 0 Å². The van der Waals surface area contributed by atoms with E-state index in [9.17, 15) is 9.59 Å². The van der Waals surface area contributed by atoms with E-state index in [1.807, 2.05) is 44.2 Å². The predicted molar refractivity (Wildman–Crippen MR) is 96.8 cm³/mol. The smallest absolute Gasteiger partial charge is 0.330 e. The zero-order valence-electron chi connectivity index (χ0n) is 14.6. The highest BCUT2D eigenvalue weighted by Gasteiger charge is 2.18. The summed E-state index contributed by atoms with van der Waals surface area (Å²) in [6, 6.07) is 9.70. The monoisotopic (exact) mass is 344 g/mol. The van der Waals surface area contributed by atoms with Crippen LogP contribution in [0.3, 0.4) is 0 Å². The van der Waals surface area contributed by atoms with Gasteiger partial charge in [0, 0.05) is 17.7 Å². The number of nitrogens with zero attached hydrogens (tertiary/aromatic N) is 1. The Morgan fingerprint density at radius 2 is 1.92 bits per heavy atom. The molecule has 1 heterocycles. The topological polar surface area (TPSA) is 84.3 Å². The molecule has 2 rings (SSSR count). The molecule has 25 heavy (non-hydrogen) atoms. The molecule has 0 atom stereocenters. The summed E-state index contributed by atoms with van der Waals surface area (Å²) < 4.78 is 6.97. The molecule has 0 saturated carbocycles. The Labute approximate surface area is 146 Å². The summed E-state index contributed by atoms with van der Waals surface area (Å²) in [6.45, 7) is 4.11. The number of ether oxygens (including phenoxy) is 1. The van der Waals surface area contributed by atoms with Crippen LogP contribution in [0.25, 0.3) is 0 Å². The van der Waals surface area contributed by atoms with Crippen LogP contribution in [0.1, 0.15) is 36.6 Å². The average molecular weight is 344 g/mol. The third-order valence-electron chi connectivity index (χ3n) is 3.85. The molecule has 134 valence electrons. The van der Waals surface area contributed by atoms with E-state index in [1.54, 1.807) is 12.2 Å². The third-order valence-corrected chi connectivity index (χ3v) is 3.85. The first-order valence-electron chi connectivity index (χ1n) is 8.28. The van der Waals surface area contributed by atoms with Crippen LogP contribution < -0.4 is 11.2 Å². The van der Waals surface area contributed by atoms with Crippen LogP contribution in [0.2, 0.25) is 0 Å². The summed E-state index contributed by atoms with van der Waals surface area (Å²) in [5.74, 6) is -0.0244. The Balaban J connectivity index is 2.41. The van der Waals surface area contributed by atoms with Gasteiger partial charge in [0.1, 0.15) is 6.73 Å².